The maximum absolute atomic E-state index is 13.1. The van der Waals surface area contributed by atoms with Gasteiger partial charge in [0.1, 0.15) is 16.5 Å². The normalized spacial score (nSPS) is 11.7. The van der Waals surface area contributed by atoms with E-state index in [0.29, 0.717) is 12.2 Å². The van der Waals surface area contributed by atoms with Crippen molar-refractivity contribution in [1.29, 1.82) is 0 Å². The highest BCUT2D eigenvalue weighted by atomic mass is 35.5. The molecule has 0 aliphatic heterocycles. The first-order chi connectivity index (χ1) is 9.40. The summed E-state index contributed by atoms with van der Waals surface area (Å²) in [5.74, 6) is -0.109. The van der Waals surface area contributed by atoms with Gasteiger partial charge in [-0.05, 0) is 24.3 Å². The van der Waals surface area contributed by atoms with E-state index >= 15 is 0 Å². The van der Waals surface area contributed by atoms with Gasteiger partial charge in [-0.15, -0.1) is 0 Å². The molecule has 0 spiro atoms. The molecule has 0 aliphatic rings. The van der Waals surface area contributed by atoms with Gasteiger partial charge in [-0.3, -0.25) is 0 Å². The Hall–Kier alpha value is -1.57. The van der Waals surface area contributed by atoms with Crippen LogP contribution in [0.3, 0.4) is 0 Å². The number of furan rings is 1. The van der Waals surface area contributed by atoms with E-state index in [1.54, 1.807) is 12.1 Å². The highest BCUT2D eigenvalue weighted by Gasteiger charge is 2.19. The predicted molar refractivity (Wildman–Crippen MR) is 73.4 cm³/mol. The second kappa shape index (κ2) is 5.82. The van der Waals surface area contributed by atoms with Crippen molar-refractivity contribution in [3.05, 3.63) is 47.1 Å². The molecule has 1 heterocycles. The van der Waals surface area contributed by atoms with E-state index < -0.39 is 15.8 Å². The number of nitrogens with two attached hydrogens (primary N) is 1. The fourth-order valence-electron chi connectivity index (χ4n) is 1.59. The molecule has 2 rings (SSSR count). The zero-order valence-electron chi connectivity index (χ0n) is 10.3. The van der Waals surface area contributed by atoms with E-state index in [1.807, 2.05) is 0 Å². The monoisotopic (exact) mass is 318 g/mol. The summed E-state index contributed by atoms with van der Waals surface area (Å²) in [6, 6.07) is 5.31. The number of benzene rings is 1. The summed E-state index contributed by atoms with van der Waals surface area (Å²) >= 11 is 5.73. The van der Waals surface area contributed by atoms with E-state index in [1.165, 1.54) is 6.26 Å². The Labute approximate surface area is 120 Å². The van der Waals surface area contributed by atoms with Gasteiger partial charge in [-0.2, -0.15) is 0 Å². The smallest absolute Gasteiger partial charge is 0.242 e. The second-order valence-corrected chi connectivity index (χ2v) is 6.17. The van der Waals surface area contributed by atoms with Crippen LogP contribution in [0.25, 0.3) is 0 Å². The van der Waals surface area contributed by atoms with Crippen LogP contribution in [0.5, 0.6) is 0 Å². The Morgan fingerprint density at radius 2 is 2.15 bits per heavy atom. The van der Waals surface area contributed by atoms with Gasteiger partial charge in [0.25, 0.3) is 0 Å². The molecule has 3 N–H and O–H groups in total. The molecule has 0 bridgehead atoms. The van der Waals surface area contributed by atoms with Crippen molar-refractivity contribution in [2.24, 2.45) is 0 Å². The number of nitrogens with one attached hydrogen (secondary N) is 1. The third kappa shape index (κ3) is 3.30. The third-order valence-corrected chi connectivity index (χ3v) is 4.51. The summed E-state index contributed by atoms with van der Waals surface area (Å²) in [6.45, 7) is 0.128. The molecule has 1 aromatic heterocycles. The molecule has 8 heteroatoms. The highest BCUT2D eigenvalue weighted by Crippen LogP contribution is 2.26. The van der Waals surface area contributed by atoms with Gasteiger partial charge in [-0.1, -0.05) is 11.6 Å². The lowest BCUT2D eigenvalue weighted by Gasteiger charge is -2.09. The van der Waals surface area contributed by atoms with Crippen LogP contribution in [-0.4, -0.2) is 15.0 Å². The van der Waals surface area contributed by atoms with Crippen molar-refractivity contribution in [2.75, 3.05) is 12.3 Å². The summed E-state index contributed by atoms with van der Waals surface area (Å²) in [6.07, 6.45) is 1.89. The molecule has 20 heavy (non-hydrogen) atoms. The molecule has 0 radical (unpaired) electrons. The van der Waals surface area contributed by atoms with Gasteiger partial charge in [0.05, 0.1) is 17.0 Å². The van der Waals surface area contributed by atoms with Gasteiger partial charge in [-0.25, -0.2) is 17.5 Å². The van der Waals surface area contributed by atoms with Crippen LogP contribution < -0.4 is 10.5 Å². The Balaban J connectivity index is 2.12. The van der Waals surface area contributed by atoms with Gasteiger partial charge < -0.3 is 10.2 Å². The zero-order chi connectivity index (χ0) is 14.8. The topological polar surface area (TPSA) is 85.3 Å². The van der Waals surface area contributed by atoms with Crippen molar-refractivity contribution in [3.8, 4) is 0 Å². The summed E-state index contributed by atoms with van der Waals surface area (Å²) in [7, 11) is -3.85. The molecule has 1 aromatic carbocycles. The van der Waals surface area contributed by atoms with Crippen LogP contribution in [0, 0.1) is 5.82 Å². The van der Waals surface area contributed by atoms with Crippen LogP contribution in [0.1, 0.15) is 5.76 Å². The highest BCUT2D eigenvalue weighted by molar-refractivity contribution is 7.89. The average molecular weight is 319 g/mol. The number of hydrogen-bond acceptors (Lipinski definition) is 4. The predicted octanol–water partition coefficient (Wildman–Crippen LogP) is 2.18. The number of hydrogen-bond donors (Lipinski definition) is 2. The van der Waals surface area contributed by atoms with Gasteiger partial charge in [0.2, 0.25) is 10.0 Å². The standard InChI is InChI=1S/C12H12ClFN2O3S/c13-9-6-10(14)11(15)7-12(9)20(17,18)16-4-3-8-2-1-5-19-8/h1-2,5-7,16H,3-4,15H2. The van der Waals surface area contributed by atoms with Crippen molar-refractivity contribution in [1.82, 2.24) is 4.72 Å². The number of sulfonamides is 1. The van der Waals surface area contributed by atoms with E-state index in [9.17, 15) is 12.8 Å². The summed E-state index contributed by atoms with van der Waals surface area (Å²) < 4.78 is 44.7. The van der Waals surface area contributed by atoms with Gasteiger partial charge >= 0.3 is 0 Å². The van der Waals surface area contributed by atoms with E-state index in [4.69, 9.17) is 21.8 Å². The second-order valence-electron chi connectivity index (χ2n) is 4.03. The van der Waals surface area contributed by atoms with E-state index in [-0.39, 0.29) is 22.2 Å². The molecule has 0 saturated carbocycles. The summed E-state index contributed by atoms with van der Waals surface area (Å²) in [5.41, 5.74) is 5.07. The third-order valence-electron chi connectivity index (χ3n) is 2.58. The zero-order valence-corrected chi connectivity index (χ0v) is 11.8. The molecule has 5 nitrogen and oxygen atoms in total. The van der Waals surface area contributed by atoms with Gasteiger partial charge in [0.15, 0.2) is 0 Å². The number of nitrogen functional groups attached to an aromatic ring is 1. The summed E-state index contributed by atoms with van der Waals surface area (Å²) in [4.78, 5) is -0.252. The Kier molecular flexibility index (Phi) is 4.32. The molecule has 0 fully saturated rings. The number of halogens is 2. The largest absolute Gasteiger partial charge is 0.469 e. The van der Waals surface area contributed by atoms with Crippen LogP contribution in [-0.2, 0) is 16.4 Å². The number of anilines is 1. The molecule has 0 unspecified atom stereocenters. The minimum absolute atomic E-state index is 0.128. The SMILES string of the molecule is Nc1cc(S(=O)(=O)NCCc2ccco2)c(Cl)cc1F. The first-order valence-corrected chi connectivity index (χ1v) is 7.53. The lowest BCUT2D eigenvalue weighted by atomic mass is 10.3. The van der Waals surface area contributed by atoms with Crippen molar-refractivity contribution in [2.45, 2.75) is 11.3 Å². The molecule has 108 valence electrons. The molecule has 0 amide bonds. The molecule has 0 aliphatic carbocycles. The van der Waals surface area contributed by atoms with Crippen LogP contribution in [0.2, 0.25) is 5.02 Å². The van der Waals surface area contributed by atoms with Crippen LogP contribution in [0.15, 0.2) is 39.8 Å². The fourth-order valence-corrected chi connectivity index (χ4v) is 3.17. The van der Waals surface area contributed by atoms with Gasteiger partial charge in [0, 0.05) is 13.0 Å². The fraction of sp³-hybridized carbons (Fsp3) is 0.167. The average Bonchev–Trinajstić information content (AvgIpc) is 2.86. The van der Waals surface area contributed by atoms with Crippen LogP contribution in [0.4, 0.5) is 10.1 Å². The minimum Gasteiger partial charge on any atom is -0.469 e. The van der Waals surface area contributed by atoms with E-state index in [2.05, 4.69) is 4.72 Å². The minimum atomic E-state index is -3.85. The Morgan fingerprint density at radius 1 is 1.40 bits per heavy atom. The molecule has 0 saturated heterocycles. The van der Waals surface area contributed by atoms with Crippen LogP contribution >= 0.6 is 11.6 Å². The molecule has 2 aromatic rings. The lowest BCUT2D eigenvalue weighted by molar-refractivity contribution is 0.506. The Bertz CT molecular complexity index is 702. The first kappa shape index (κ1) is 14.8. The number of rotatable bonds is 5. The molecular weight excluding hydrogens is 307 g/mol. The van der Waals surface area contributed by atoms with Crippen molar-refractivity contribution >= 4 is 27.3 Å². The van der Waals surface area contributed by atoms with Crippen molar-refractivity contribution in [3.63, 3.8) is 0 Å². The quantitative estimate of drug-likeness (QED) is 0.827. The van der Waals surface area contributed by atoms with Crippen molar-refractivity contribution < 1.29 is 17.2 Å². The Morgan fingerprint density at radius 3 is 2.80 bits per heavy atom. The maximum Gasteiger partial charge on any atom is 0.242 e. The molecule has 0 atom stereocenters. The molecular formula is C12H12ClFN2O3S. The van der Waals surface area contributed by atoms with E-state index in [0.717, 1.165) is 12.1 Å². The lowest BCUT2D eigenvalue weighted by Crippen LogP contribution is -2.26. The summed E-state index contributed by atoms with van der Waals surface area (Å²) in [5, 5.41) is -0.220. The first-order valence-electron chi connectivity index (χ1n) is 5.67. The maximum atomic E-state index is 13.1.